The molecule has 0 aliphatic rings. The molecule has 0 saturated carbocycles. The van der Waals surface area contributed by atoms with E-state index in [2.05, 4.69) is 53.1 Å². The summed E-state index contributed by atoms with van der Waals surface area (Å²) in [7, 11) is 0. The van der Waals surface area contributed by atoms with Crippen LogP contribution in [0.1, 0.15) is 70.2 Å². The highest BCUT2D eigenvalue weighted by atomic mass is 79.9. The van der Waals surface area contributed by atoms with Gasteiger partial charge in [0.15, 0.2) is 0 Å². The third-order valence-corrected chi connectivity index (χ3v) is 6.57. The van der Waals surface area contributed by atoms with Crippen molar-refractivity contribution < 1.29 is 9.28 Å². The van der Waals surface area contributed by atoms with Gasteiger partial charge < -0.3 is 4.48 Å². The zero-order chi connectivity index (χ0) is 17.8. The van der Waals surface area contributed by atoms with Gasteiger partial charge in [0.25, 0.3) is 0 Å². The molecule has 1 heterocycles. The van der Waals surface area contributed by atoms with Crippen molar-refractivity contribution in [3.63, 3.8) is 0 Å². The van der Waals surface area contributed by atoms with E-state index >= 15 is 0 Å². The van der Waals surface area contributed by atoms with Crippen LogP contribution in [0.3, 0.4) is 0 Å². The van der Waals surface area contributed by atoms with Crippen LogP contribution < -0.4 is 0 Å². The topological polar surface area (TPSA) is 29.4 Å². The summed E-state index contributed by atoms with van der Waals surface area (Å²) in [6.45, 7) is 10.8. The molecule has 0 radical (unpaired) electrons. The highest BCUT2D eigenvalue weighted by Gasteiger charge is 2.37. The molecular weight excluding hydrogens is 384 g/mol. The molecule has 0 aromatic carbocycles. The van der Waals surface area contributed by atoms with Crippen molar-refractivity contribution in [3.05, 3.63) is 20.8 Å². The molecule has 1 rings (SSSR count). The van der Waals surface area contributed by atoms with Crippen molar-refractivity contribution in [3.8, 4) is 0 Å². The third-order valence-electron chi connectivity index (χ3n) is 4.78. The number of thiophene rings is 1. The molecule has 24 heavy (non-hydrogen) atoms. The molecule has 0 N–H and O–H groups in total. The van der Waals surface area contributed by atoms with Crippen LogP contribution in [0.25, 0.3) is 0 Å². The molecule has 0 bridgehead atoms. The Morgan fingerprint density at radius 3 is 2.04 bits per heavy atom. The summed E-state index contributed by atoms with van der Waals surface area (Å²) in [5, 5.41) is 2.14. The summed E-state index contributed by atoms with van der Waals surface area (Å²) < 4.78 is 2.19. The Morgan fingerprint density at radius 1 is 1.12 bits per heavy atom. The largest absolute Gasteiger partial charge is 0.315 e. The summed E-state index contributed by atoms with van der Waals surface area (Å²) in [6.07, 6.45) is 9.06. The van der Waals surface area contributed by atoms with Crippen LogP contribution in [0.2, 0.25) is 0 Å². The van der Waals surface area contributed by atoms with Crippen LogP contribution >= 0.6 is 27.3 Å². The van der Waals surface area contributed by atoms with Gasteiger partial charge in [-0.05, 0) is 41.3 Å². The molecule has 0 aliphatic carbocycles. The van der Waals surface area contributed by atoms with E-state index in [1.54, 1.807) is 17.4 Å². The minimum Gasteiger partial charge on any atom is -0.315 e. The Bertz CT molecular complexity index is 489. The van der Waals surface area contributed by atoms with Gasteiger partial charge >= 0.3 is 0 Å². The molecule has 0 amide bonds. The maximum absolute atomic E-state index is 10.8. The van der Waals surface area contributed by atoms with E-state index in [0.29, 0.717) is 6.54 Å². The molecule has 0 fully saturated rings. The van der Waals surface area contributed by atoms with E-state index in [9.17, 15) is 4.79 Å². The number of halogens is 1. The van der Waals surface area contributed by atoms with E-state index in [-0.39, 0.29) is 6.04 Å². The number of rotatable bonds is 13. The zero-order valence-corrected chi connectivity index (χ0v) is 17.8. The second-order valence-corrected chi connectivity index (χ2v) is 8.42. The minimum absolute atomic E-state index is 0.271. The average Bonchev–Trinajstić information content (AvgIpc) is 3.02. The van der Waals surface area contributed by atoms with E-state index < -0.39 is 0 Å². The second-order valence-electron chi connectivity index (χ2n) is 6.57. The maximum Gasteiger partial charge on any atom is 0.235 e. The van der Waals surface area contributed by atoms with Gasteiger partial charge in [-0.25, -0.2) is 4.79 Å². The van der Waals surface area contributed by atoms with Gasteiger partial charge in [0.1, 0.15) is 12.6 Å². The normalized spacial score (nSPS) is 12.8. The number of hydrogen-bond donors (Lipinski definition) is 0. The average molecular weight is 416 g/mol. The van der Waals surface area contributed by atoms with Gasteiger partial charge in [-0.1, -0.05) is 40.0 Å². The first-order chi connectivity index (χ1) is 11.6. The van der Waals surface area contributed by atoms with Crippen molar-refractivity contribution in [2.75, 3.05) is 26.2 Å². The smallest absolute Gasteiger partial charge is 0.235 e. The summed E-state index contributed by atoms with van der Waals surface area (Å²) in [5.74, 6) is 0. The minimum atomic E-state index is 0.271. The molecular formula is C19H32BrN2OS+. The Labute approximate surface area is 159 Å². The lowest BCUT2D eigenvalue weighted by molar-refractivity contribution is -0.956. The van der Waals surface area contributed by atoms with Gasteiger partial charge in [-0.2, -0.15) is 4.99 Å². The highest BCUT2D eigenvalue weighted by Crippen LogP contribution is 2.36. The van der Waals surface area contributed by atoms with Gasteiger partial charge in [0.2, 0.25) is 6.08 Å². The van der Waals surface area contributed by atoms with Crippen LogP contribution in [0.15, 0.2) is 20.9 Å². The van der Waals surface area contributed by atoms with E-state index in [4.69, 9.17) is 0 Å². The third kappa shape index (κ3) is 6.44. The number of nitrogens with zero attached hydrogens (tertiary/aromatic N) is 2. The lowest BCUT2D eigenvalue weighted by Crippen LogP contribution is -2.53. The van der Waals surface area contributed by atoms with Gasteiger partial charge in [0.05, 0.1) is 24.5 Å². The molecule has 1 atom stereocenters. The Morgan fingerprint density at radius 2 is 1.67 bits per heavy atom. The van der Waals surface area contributed by atoms with E-state index in [1.165, 1.54) is 63.0 Å². The van der Waals surface area contributed by atoms with Gasteiger partial charge in [-0.3, -0.25) is 0 Å². The van der Waals surface area contributed by atoms with Crippen molar-refractivity contribution >= 4 is 33.3 Å². The standard InChI is InChI=1S/C19H32BrN2OS/c1-4-7-10-22(11-8-5-2,12-9-6-3)18(14-21-16-23)19-13-17(20)15-24-19/h13,15,18H,4-12,14H2,1-3H3/q+1. The van der Waals surface area contributed by atoms with Crippen LogP contribution in [0.5, 0.6) is 0 Å². The molecule has 3 nitrogen and oxygen atoms in total. The number of carbonyl (C=O) groups excluding carboxylic acids is 1. The monoisotopic (exact) mass is 415 g/mol. The lowest BCUT2D eigenvalue weighted by Gasteiger charge is -2.44. The Balaban J connectivity index is 3.24. The van der Waals surface area contributed by atoms with Crippen molar-refractivity contribution in [2.24, 2.45) is 4.99 Å². The first-order valence-electron chi connectivity index (χ1n) is 9.26. The molecule has 0 aliphatic heterocycles. The summed E-state index contributed by atoms with van der Waals surface area (Å²) in [4.78, 5) is 16.2. The zero-order valence-electron chi connectivity index (χ0n) is 15.4. The summed E-state index contributed by atoms with van der Waals surface area (Å²) in [5.41, 5.74) is 0. The molecule has 136 valence electrons. The lowest BCUT2D eigenvalue weighted by atomic mass is 10.0. The maximum atomic E-state index is 10.8. The Kier molecular flexibility index (Phi) is 10.8. The fourth-order valence-electron chi connectivity index (χ4n) is 3.38. The van der Waals surface area contributed by atoms with Crippen LogP contribution in [0.4, 0.5) is 0 Å². The van der Waals surface area contributed by atoms with Crippen LogP contribution in [-0.4, -0.2) is 36.7 Å². The van der Waals surface area contributed by atoms with Crippen molar-refractivity contribution in [1.82, 2.24) is 0 Å². The first-order valence-corrected chi connectivity index (χ1v) is 10.9. The van der Waals surface area contributed by atoms with Crippen molar-refractivity contribution in [2.45, 2.75) is 65.3 Å². The number of isocyanates is 1. The predicted molar refractivity (Wildman–Crippen MR) is 107 cm³/mol. The number of unbranched alkanes of at least 4 members (excludes halogenated alkanes) is 3. The molecule has 1 unspecified atom stereocenters. The highest BCUT2D eigenvalue weighted by molar-refractivity contribution is 9.10. The number of hydrogen-bond acceptors (Lipinski definition) is 3. The molecule has 0 spiro atoms. The molecule has 1 aromatic rings. The first kappa shape index (κ1) is 21.6. The number of quaternary nitrogens is 1. The fourth-order valence-corrected chi connectivity index (χ4v) is 5.03. The van der Waals surface area contributed by atoms with Gasteiger partial charge in [-0.15, -0.1) is 11.3 Å². The van der Waals surface area contributed by atoms with Gasteiger partial charge in [0, 0.05) is 9.85 Å². The SMILES string of the molecule is CCCC[N+](CCCC)(CCCC)C(CN=C=O)c1cc(Br)cs1. The summed E-state index contributed by atoms with van der Waals surface area (Å²) in [6, 6.07) is 2.49. The Hall–Kier alpha value is -0.480. The van der Waals surface area contributed by atoms with E-state index in [0.717, 1.165) is 8.96 Å². The molecule has 5 heteroatoms. The molecule has 1 aromatic heterocycles. The predicted octanol–water partition coefficient (Wildman–Crippen LogP) is 6.10. The quantitative estimate of drug-likeness (QED) is 0.217. The van der Waals surface area contributed by atoms with Crippen molar-refractivity contribution in [1.29, 1.82) is 0 Å². The number of aliphatic imine (C=N–C) groups is 1. The van der Waals surface area contributed by atoms with E-state index in [1.807, 2.05) is 0 Å². The van der Waals surface area contributed by atoms with Crippen LogP contribution in [0, 0.1) is 0 Å². The summed E-state index contributed by atoms with van der Waals surface area (Å²) >= 11 is 5.37. The fraction of sp³-hybridized carbons (Fsp3) is 0.737. The second kappa shape index (κ2) is 12.0. The van der Waals surface area contributed by atoms with Crippen LogP contribution in [-0.2, 0) is 4.79 Å². The molecule has 0 saturated heterocycles.